The SMILES string of the molecule is CC(C)Oc1ccc(CNC(=O)Cn2c3ccccc3c(=O)c3ccccc32)c(C(F)(F)F)c1. The molecular weight excluding hydrogens is 445 g/mol. The number of hydrogen-bond donors (Lipinski definition) is 1. The minimum atomic E-state index is -4.60. The van der Waals surface area contributed by atoms with Gasteiger partial charge in [-0.05, 0) is 55.8 Å². The predicted octanol–water partition coefficient (Wildman–Crippen LogP) is 5.28. The second-order valence-corrected chi connectivity index (χ2v) is 8.21. The monoisotopic (exact) mass is 468 g/mol. The molecule has 4 aromatic rings. The Morgan fingerprint density at radius 1 is 0.971 bits per heavy atom. The zero-order chi connectivity index (χ0) is 24.5. The van der Waals surface area contributed by atoms with E-state index in [0.717, 1.165) is 6.07 Å². The quantitative estimate of drug-likeness (QED) is 0.392. The number of nitrogens with one attached hydrogen (secondary N) is 1. The van der Waals surface area contributed by atoms with Crippen molar-refractivity contribution in [1.29, 1.82) is 0 Å². The first-order chi connectivity index (χ1) is 16.1. The van der Waals surface area contributed by atoms with Gasteiger partial charge in [-0.25, -0.2) is 0 Å². The number of carbonyl (C=O) groups excluding carboxylic acids is 1. The zero-order valence-electron chi connectivity index (χ0n) is 18.6. The minimum absolute atomic E-state index is 0.0634. The van der Waals surface area contributed by atoms with Crippen LogP contribution in [-0.2, 0) is 24.1 Å². The molecule has 0 aliphatic heterocycles. The maximum atomic E-state index is 13.6. The molecule has 1 amide bonds. The number of amides is 1. The smallest absolute Gasteiger partial charge is 0.416 e. The number of pyridine rings is 1. The molecule has 0 aliphatic rings. The lowest BCUT2D eigenvalue weighted by molar-refractivity contribution is -0.138. The molecule has 1 N–H and O–H groups in total. The van der Waals surface area contributed by atoms with E-state index in [1.165, 1.54) is 12.1 Å². The molecule has 0 fully saturated rings. The summed E-state index contributed by atoms with van der Waals surface area (Å²) in [5.41, 5.74) is 0.0956. The van der Waals surface area contributed by atoms with Crippen LogP contribution in [0.5, 0.6) is 5.75 Å². The second-order valence-electron chi connectivity index (χ2n) is 8.21. The number of para-hydroxylation sites is 2. The Hall–Kier alpha value is -3.81. The molecule has 0 bridgehead atoms. The van der Waals surface area contributed by atoms with Gasteiger partial charge in [0.15, 0.2) is 5.43 Å². The van der Waals surface area contributed by atoms with Gasteiger partial charge in [0.2, 0.25) is 5.91 Å². The Morgan fingerprint density at radius 3 is 2.12 bits per heavy atom. The normalized spacial score (nSPS) is 11.8. The molecule has 1 heterocycles. The number of fused-ring (bicyclic) bond motifs is 2. The summed E-state index contributed by atoms with van der Waals surface area (Å²) in [6, 6.07) is 17.6. The van der Waals surface area contributed by atoms with Gasteiger partial charge in [0.25, 0.3) is 0 Å². The predicted molar refractivity (Wildman–Crippen MR) is 125 cm³/mol. The van der Waals surface area contributed by atoms with Crippen LogP contribution < -0.4 is 15.5 Å². The molecule has 1 aromatic heterocycles. The van der Waals surface area contributed by atoms with Crippen molar-refractivity contribution >= 4 is 27.7 Å². The summed E-state index contributed by atoms with van der Waals surface area (Å²) >= 11 is 0. The lowest BCUT2D eigenvalue weighted by Crippen LogP contribution is -2.29. The Balaban J connectivity index is 1.62. The first-order valence-electron chi connectivity index (χ1n) is 10.8. The fraction of sp³-hybridized carbons (Fsp3) is 0.231. The molecule has 0 spiro atoms. The summed E-state index contributed by atoms with van der Waals surface area (Å²) in [7, 11) is 0. The lowest BCUT2D eigenvalue weighted by Gasteiger charge is -2.18. The van der Waals surface area contributed by atoms with Crippen molar-refractivity contribution in [1.82, 2.24) is 9.88 Å². The minimum Gasteiger partial charge on any atom is -0.491 e. The van der Waals surface area contributed by atoms with E-state index in [1.807, 2.05) is 0 Å². The topological polar surface area (TPSA) is 60.3 Å². The highest BCUT2D eigenvalue weighted by atomic mass is 19.4. The van der Waals surface area contributed by atoms with E-state index in [2.05, 4.69) is 5.32 Å². The van der Waals surface area contributed by atoms with E-state index in [1.54, 1.807) is 66.9 Å². The number of carbonyl (C=O) groups is 1. The van der Waals surface area contributed by atoms with Crippen molar-refractivity contribution in [2.75, 3.05) is 0 Å². The maximum Gasteiger partial charge on any atom is 0.416 e. The van der Waals surface area contributed by atoms with Gasteiger partial charge in [-0.2, -0.15) is 13.2 Å². The first kappa shape index (κ1) is 23.4. The number of benzene rings is 3. The first-order valence-corrected chi connectivity index (χ1v) is 10.8. The molecule has 8 heteroatoms. The number of ether oxygens (including phenoxy) is 1. The summed E-state index contributed by atoms with van der Waals surface area (Å²) in [6.07, 6.45) is -4.87. The fourth-order valence-electron chi connectivity index (χ4n) is 3.96. The number of rotatable bonds is 6. The summed E-state index contributed by atoms with van der Waals surface area (Å²) < 4.78 is 48.0. The third-order valence-corrected chi connectivity index (χ3v) is 5.42. The van der Waals surface area contributed by atoms with Gasteiger partial charge in [-0.1, -0.05) is 30.3 Å². The van der Waals surface area contributed by atoms with Crippen molar-refractivity contribution < 1.29 is 22.7 Å². The summed E-state index contributed by atoms with van der Waals surface area (Å²) in [4.78, 5) is 25.6. The van der Waals surface area contributed by atoms with Gasteiger partial charge >= 0.3 is 6.18 Å². The average Bonchev–Trinajstić information content (AvgIpc) is 2.80. The molecule has 0 saturated carbocycles. The van der Waals surface area contributed by atoms with E-state index in [9.17, 15) is 22.8 Å². The van der Waals surface area contributed by atoms with Crippen LogP contribution in [-0.4, -0.2) is 16.6 Å². The molecule has 3 aromatic carbocycles. The highest BCUT2D eigenvalue weighted by Gasteiger charge is 2.34. The van der Waals surface area contributed by atoms with Gasteiger partial charge in [-0.15, -0.1) is 0 Å². The average molecular weight is 468 g/mol. The third kappa shape index (κ3) is 4.76. The molecule has 0 unspecified atom stereocenters. The van der Waals surface area contributed by atoms with Crippen molar-refractivity contribution in [3.05, 3.63) is 88.1 Å². The Kier molecular flexibility index (Phi) is 6.32. The molecule has 176 valence electrons. The van der Waals surface area contributed by atoms with E-state index in [4.69, 9.17) is 4.74 Å². The van der Waals surface area contributed by atoms with Crippen LogP contribution in [0.25, 0.3) is 21.8 Å². The maximum absolute atomic E-state index is 13.6. The van der Waals surface area contributed by atoms with Crippen molar-refractivity contribution in [2.24, 2.45) is 0 Å². The molecule has 5 nitrogen and oxygen atoms in total. The largest absolute Gasteiger partial charge is 0.491 e. The van der Waals surface area contributed by atoms with Crippen LogP contribution in [0.3, 0.4) is 0 Å². The zero-order valence-corrected chi connectivity index (χ0v) is 18.6. The number of aromatic nitrogens is 1. The van der Waals surface area contributed by atoms with E-state index in [0.29, 0.717) is 21.8 Å². The summed E-state index contributed by atoms with van der Waals surface area (Å²) in [5, 5.41) is 3.52. The van der Waals surface area contributed by atoms with Gasteiger partial charge in [-0.3, -0.25) is 9.59 Å². The molecule has 0 radical (unpaired) electrons. The van der Waals surface area contributed by atoms with Gasteiger partial charge in [0.05, 0.1) is 22.7 Å². The molecule has 34 heavy (non-hydrogen) atoms. The number of alkyl halides is 3. The summed E-state index contributed by atoms with van der Waals surface area (Å²) in [5.74, 6) is -0.363. The van der Waals surface area contributed by atoms with E-state index < -0.39 is 17.6 Å². The second kappa shape index (κ2) is 9.21. The van der Waals surface area contributed by atoms with E-state index in [-0.39, 0.29) is 35.9 Å². The van der Waals surface area contributed by atoms with Crippen molar-refractivity contribution in [3.63, 3.8) is 0 Å². The summed E-state index contributed by atoms with van der Waals surface area (Å²) in [6.45, 7) is 3.00. The van der Waals surface area contributed by atoms with Crippen LogP contribution in [0.15, 0.2) is 71.5 Å². The van der Waals surface area contributed by atoms with Crippen LogP contribution >= 0.6 is 0 Å². The highest BCUT2D eigenvalue weighted by Crippen LogP contribution is 2.34. The Morgan fingerprint density at radius 2 is 1.56 bits per heavy atom. The van der Waals surface area contributed by atoms with Gasteiger partial charge in [0, 0.05) is 17.3 Å². The molecular formula is C26H23F3N2O3. The highest BCUT2D eigenvalue weighted by molar-refractivity contribution is 5.94. The Labute approximate surface area is 193 Å². The van der Waals surface area contributed by atoms with Crippen LogP contribution in [0.4, 0.5) is 13.2 Å². The van der Waals surface area contributed by atoms with Crippen LogP contribution in [0, 0.1) is 0 Å². The fourth-order valence-corrected chi connectivity index (χ4v) is 3.96. The number of nitrogens with zero attached hydrogens (tertiary/aromatic N) is 1. The third-order valence-electron chi connectivity index (χ3n) is 5.42. The van der Waals surface area contributed by atoms with Crippen molar-refractivity contribution in [2.45, 2.75) is 39.2 Å². The standard InChI is InChI=1S/C26H23F3N2O3/c1-16(2)34-18-12-11-17(21(13-18)26(27,28)29)14-30-24(32)15-31-22-9-5-3-7-19(22)25(33)20-8-4-6-10-23(20)31/h3-13,16H,14-15H2,1-2H3,(H,30,32). The van der Waals surface area contributed by atoms with Crippen molar-refractivity contribution in [3.8, 4) is 5.75 Å². The van der Waals surface area contributed by atoms with Crippen LogP contribution in [0.2, 0.25) is 0 Å². The lowest BCUT2D eigenvalue weighted by atomic mass is 10.1. The van der Waals surface area contributed by atoms with E-state index >= 15 is 0 Å². The molecule has 4 rings (SSSR count). The van der Waals surface area contributed by atoms with Crippen LogP contribution in [0.1, 0.15) is 25.0 Å². The van der Waals surface area contributed by atoms with Gasteiger partial charge in [0.1, 0.15) is 12.3 Å². The number of hydrogen-bond acceptors (Lipinski definition) is 3. The molecule has 0 saturated heterocycles. The molecule has 0 atom stereocenters. The Bertz CT molecular complexity index is 1360. The van der Waals surface area contributed by atoms with Gasteiger partial charge < -0.3 is 14.6 Å². The molecule has 0 aliphatic carbocycles. The number of halogens is 3.